The molecule has 7 nitrogen and oxygen atoms in total. The third-order valence-electron chi connectivity index (χ3n) is 2.68. The van der Waals surface area contributed by atoms with Crippen molar-refractivity contribution in [1.29, 1.82) is 0 Å². The van der Waals surface area contributed by atoms with Crippen molar-refractivity contribution in [3.63, 3.8) is 0 Å². The normalized spacial score (nSPS) is 12.3. The second-order valence-corrected chi connectivity index (χ2v) is 8.17. The van der Waals surface area contributed by atoms with Crippen molar-refractivity contribution in [2.75, 3.05) is 12.0 Å². The summed E-state index contributed by atoms with van der Waals surface area (Å²) in [5.74, 6) is -0.502. The lowest BCUT2D eigenvalue weighted by Crippen LogP contribution is -2.20. The van der Waals surface area contributed by atoms with Crippen molar-refractivity contribution in [3.05, 3.63) is 36.4 Å². The van der Waals surface area contributed by atoms with E-state index in [2.05, 4.69) is 5.10 Å². The molecule has 0 aliphatic rings. The SMILES string of the molecule is CCCS(=O)(=O)n1nc(-c2ccccc2)cc1OS(C)(=O)=O. The summed E-state index contributed by atoms with van der Waals surface area (Å²) >= 11 is 0. The van der Waals surface area contributed by atoms with Gasteiger partial charge in [0.1, 0.15) is 0 Å². The lowest BCUT2D eigenvalue weighted by atomic mass is 10.2. The van der Waals surface area contributed by atoms with Gasteiger partial charge in [0.05, 0.1) is 17.7 Å². The molecule has 0 bridgehead atoms. The summed E-state index contributed by atoms with van der Waals surface area (Å²) in [5.41, 5.74) is 0.977. The predicted octanol–water partition coefficient (Wildman–Crippen LogP) is 1.48. The first-order valence-electron chi connectivity index (χ1n) is 6.51. The molecule has 0 saturated carbocycles. The molecule has 0 saturated heterocycles. The number of benzene rings is 1. The van der Waals surface area contributed by atoms with Crippen LogP contribution in [0.2, 0.25) is 0 Å². The maximum absolute atomic E-state index is 12.2. The van der Waals surface area contributed by atoms with Crippen molar-refractivity contribution in [1.82, 2.24) is 9.19 Å². The molecule has 0 aliphatic heterocycles. The van der Waals surface area contributed by atoms with Gasteiger partial charge in [0, 0.05) is 11.6 Å². The topological polar surface area (TPSA) is 95.3 Å². The molecule has 0 N–H and O–H groups in total. The molecule has 0 spiro atoms. The summed E-state index contributed by atoms with van der Waals surface area (Å²) in [6.45, 7) is 1.70. The predicted molar refractivity (Wildman–Crippen MR) is 82.6 cm³/mol. The number of hydrogen-bond acceptors (Lipinski definition) is 6. The summed E-state index contributed by atoms with van der Waals surface area (Å²) in [5, 5.41) is 3.99. The van der Waals surface area contributed by atoms with Crippen molar-refractivity contribution < 1.29 is 21.0 Å². The average Bonchev–Trinajstić information content (AvgIpc) is 2.82. The smallest absolute Gasteiger partial charge is 0.307 e. The van der Waals surface area contributed by atoms with Crippen LogP contribution >= 0.6 is 0 Å². The zero-order valence-electron chi connectivity index (χ0n) is 12.1. The molecule has 0 unspecified atom stereocenters. The Balaban J connectivity index is 2.58. The minimum absolute atomic E-state index is 0.164. The Morgan fingerprint density at radius 3 is 2.32 bits per heavy atom. The van der Waals surface area contributed by atoms with E-state index in [0.29, 0.717) is 21.8 Å². The Morgan fingerprint density at radius 2 is 1.77 bits per heavy atom. The first-order valence-corrected chi connectivity index (χ1v) is 9.93. The molecule has 0 amide bonds. The van der Waals surface area contributed by atoms with Crippen molar-refractivity contribution in [2.45, 2.75) is 13.3 Å². The standard InChI is InChI=1S/C13H16N2O5S2/c1-3-9-22(18,19)15-13(20-21(2,16)17)10-12(14-15)11-7-5-4-6-8-11/h4-8,10H,3,9H2,1-2H3. The Kier molecular flexibility index (Phi) is 4.57. The van der Waals surface area contributed by atoms with E-state index in [1.807, 2.05) is 6.07 Å². The number of aromatic nitrogens is 2. The fourth-order valence-electron chi connectivity index (χ4n) is 1.85. The van der Waals surface area contributed by atoms with Crippen LogP contribution in [0.4, 0.5) is 0 Å². The van der Waals surface area contributed by atoms with Crippen LogP contribution in [-0.4, -0.2) is 38.0 Å². The monoisotopic (exact) mass is 344 g/mol. The van der Waals surface area contributed by atoms with Gasteiger partial charge in [0.15, 0.2) is 0 Å². The van der Waals surface area contributed by atoms with Crippen molar-refractivity contribution in [2.24, 2.45) is 0 Å². The van der Waals surface area contributed by atoms with E-state index < -0.39 is 20.1 Å². The van der Waals surface area contributed by atoms with Crippen LogP contribution in [0.5, 0.6) is 5.88 Å². The second-order valence-electron chi connectivity index (χ2n) is 4.68. The van der Waals surface area contributed by atoms with Crippen molar-refractivity contribution >= 4 is 20.1 Å². The quantitative estimate of drug-likeness (QED) is 0.737. The van der Waals surface area contributed by atoms with E-state index in [0.717, 1.165) is 6.26 Å². The molecule has 9 heteroatoms. The van der Waals surface area contributed by atoms with Gasteiger partial charge in [-0.25, -0.2) is 8.42 Å². The van der Waals surface area contributed by atoms with Gasteiger partial charge in [-0.05, 0) is 6.42 Å². The summed E-state index contributed by atoms with van der Waals surface area (Å²) in [6.07, 6.45) is 1.22. The highest BCUT2D eigenvalue weighted by Crippen LogP contribution is 2.25. The Labute approximate surface area is 129 Å². The van der Waals surface area contributed by atoms with Crippen molar-refractivity contribution in [3.8, 4) is 17.1 Å². The van der Waals surface area contributed by atoms with Crippen LogP contribution in [0, 0.1) is 0 Å². The van der Waals surface area contributed by atoms with Gasteiger partial charge in [0.25, 0.3) is 10.0 Å². The summed E-state index contributed by atoms with van der Waals surface area (Å²) < 4.78 is 52.5. The molecule has 0 aliphatic carbocycles. The first kappa shape index (κ1) is 16.5. The molecule has 0 radical (unpaired) electrons. The summed E-state index contributed by atoms with van der Waals surface area (Å²) in [7, 11) is -7.65. The van der Waals surface area contributed by atoms with E-state index in [1.54, 1.807) is 31.2 Å². The van der Waals surface area contributed by atoms with Crippen LogP contribution in [0.3, 0.4) is 0 Å². The van der Waals surface area contributed by atoms with Crippen LogP contribution < -0.4 is 4.18 Å². The highest BCUT2D eigenvalue weighted by molar-refractivity contribution is 7.90. The molecule has 1 heterocycles. The fourth-order valence-corrected chi connectivity index (χ4v) is 3.59. The van der Waals surface area contributed by atoms with Crippen LogP contribution in [0.15, 0.2) is 36.4 Å². The van der Waals surface area contributed by atoms with Crippen LogP contribution in [0.1, 0.15) is 13.3 Å². The number of nitrogens with zero attached hydrogens (tertiary/aromatic N) is 2. The van der Waals surface area contributed by atoms with Gasteiger partial charge < -0.3 is 4.18 Å². The number of rotatable bonds is 6. The highest BCUT2D eigenvalue weighted by Gasteiger charge is 2.23. The Morgan fingerprint density at radius 1 is 1.14 bits per heavy atom. The van der Waals surface area contributed by atoms with E-state index in [4.69, 9.17) is 4.18 Å². The van der Waals surface area contributed by atoms with Gasteiger partial charge in [0.2, 0.25) is 5.88 Å². The zero-order chi connectivity index (χ0) is 16.4. The summed E-state index contributed by atoms with van der Waals surface area (Å²) in [4.78, 5) is 0. The lowest BCUT2D eigenvalue weighted by Gasteiger charge is -2.06. The molecule has 2 aromatic rings. The lowest BCUT2D eigenvalue weighted by molar-refractivity contribution is 0.472. The average molecular weight is 344 g/mol. The van der Waals surface area contributed by atoms with Crippen LogP contribution in [-0.2, 0) is 20.1 Å². The molecule has 0 fully saturated rings. The largest absolute Gasteiger partial charge is 0.361 e. The van der Waals surface area contributed by atoms with E-state index in [1.165, 1.54) is 6.07 Å². The maximum atomic E-state index is 12.2. The first-order chi connectivity index (χ1) is 10.2. The highest BCUT2D eigenvalue weighted by atomic mass is 32.2. The molecule has 22 heavy (non-hydrogen) atoms. The van der Waals surface area contributed by atoms with E-state index >= 15 is 0 Å². The van der Waals surface area contributed by atoms with E-state index in [9.17, 15) is 16.8 Å². The third kappa shape index (κ3) is 3.86. The Bertz CT molecular complexity index is 855. The van der Waals surface area contributed by atoms with Gasteiger partial charge in [-0.1, -0.05) is 37.3 Å². The van der Waals surface area contributed by atoms with Crippen LogP contribution in [0.25, 0.3) is 11.3 Å². The molecular formula is C13H16N2O5S2. The van der Waals surface area contributed by atoms with Gasteiger partial charge in [-0.15, -0.1) is 4.09 Å². The zero-order valence-corrected chi connectivity index (χ0v) is 13.8. The minimum Gasteiger partial charge on any atom is -0.361 e. The van der Waals surface area contributed by atoms with Gasteiger partial charge in [-0.3, -0.25) is 0 Å². The minimum atomic E-state index is -3.87. The van der Waals surface area contributed by atoms with Gasteiger partial charge in [-0.2, -0.15) is 13.5 Å². The molecule has 1 aromatic heterocycles. The molecule has 1 aromatic carbocycles. The molecule has 2 rings (SSSR count). The molecule has 0 atom stereocenters. The van der Waals surface area contributed by atoms with Gasteiger partial charge >= 0.3 is 10.1 Å². The van der Waals surface area contributed by atoms with E-state index in [-0.39, 0.29) is 11.6 Å². The number of hydrogen-bond donors (Lipinski definition) is 0. The molecular weight excluding hydrogens is 328 g/mol. The summed E-state index contributed by atoms with van der Waals surface area (Å²) in [6, 6.07) is 10.1. The fraction of sp³-hybridized carbons (Fsp3) is 0.308. The molecule has 120 valence electrons. The third-order valence-corrected chi connectivity index (χ3v) is 4.87. The second kappa shape index (κ2) is 6.09. The maximum Gasteiger partial charge on any atom is 0.307 e. The Hall–Kier alpha value is -1.87.